The van der Waals surface area contributed by atoms with E-state index in [-0.39, 0.29) is 0 Å². The third-order valence-electron chi connectivity index (χ3n) is 10.7. The zero-order valence-electron chi connectivity index (χ0n) is 30.7. The lowest BCUT2D eigenvalue weighted by Gasteiger charge is -2.11. The fourth-order valence-corrected chi connectivity index (χ4v) is 9.11. The molecule has 0 aliphatic heterocycles. The Labute approximate surface area is 333 Å². The lowest BCUT2D eigenvalue weighted by atomic mass is 9.96. The summed E-state index contributed by atoms with van der Waals surface area (Å²) < 4.78 is 2.59. The topological polar surface area (TPSA) is 51.6 Å². The summed E-state index contributed by atoms with van der Waals surface area (Å²) in [5.74, 6) is 1.96. The van der Waals surface area contributed by atoms with Gasteiger partial charge in [0.05, 0.1) is 11.2 Å². The van der Waals surface area contributed by atoms with Crippen LogP contribution in [-0.2, 0) is 0 Å². The van der Waals surface area contributed by atoms with Crippen LogP contribution in [0.4, 0.5) is 0 Å². The summed E-state index contributed by atoms with van der Waals surface area (Å²) >= 11 is 1.87. The number of rotatable bonds is 6. The van der Waals surface area contributed by atoms with Gasteiger partial charge in [-0.25, -0.2) is 19.9 Å². The fraction of sp³-hybridized carbons (Fsp3) is 0. The molecule has 11 rings (SSSR count). The van der Waals surface area contributed by atoms with Gasteiger partial charge in [0, 0.05) is 58.6 Å². The van der Waals surface area contributed by atoms with Crippen LogP contribution < -0.4 is 0 Å². The van der Waals surface area contributed by atoms with Crippen molar-refractivity contribution in [3.63, 3.8) is 0 Å². The van der Waals surface area contributed by atoms with Gasteiger partial charge in [-0.15, -0.1) is 11.3 Å². The zero-order chi connectivity index (χ0) is 37.7. The molecule has 11 aromatic rings. The van der Waals surface area contributed by atoms with Crippen molar-refractivity contribution < 1.29 is 0 Å². The predicted molar refractivity (Wildman–Crippen MR) is 238 cm³/mol. The highest BCUT2D eigenvalue weighted by Gasteiger charge is 2.17. The van der Waals surface area contributed by atoms with Crippen LogP contribution >= 0.6 is 11.3 Å². The Bertz CT molecular complexity index is 3190. The van der Waals surface area contributed by atoms with E-state index in [4.69, 9.17) is 19.9 Å². The summed E-state index contributed by atoms with van der Waals surface area (Å²) in [5, 5.41) is 6.21. The van der Waals surface area contributed by atoms with Crippen molar-refractivity contribution in [1.29, 1.82) is 0 Å². The molecule has 0 saturated heterocycles. The SMILES string of the molecule is c1ccc(-c2nc(-c3ccccc3)nc(-c3ccc(-c4ccc(-c5ccc6sc7c(ccc8c(-c9ccccc9)nc9ccccc9c87)c6c5)cc4)cc3)n2)cc1. The molecule has 0 aliphatic rings. The normalized spacial score (nSPS) is 11.5. The van der Waals surface area contributed by atoms with Gasteiger partial charge in [-0.05, 0) is 40.5 Å². The minimum atomic E-state index is 0.649. The molecule has 0 unspecified atom stereocenters. The molecule has 0 radical (unpaired) electrons. The summed E-state index contributed by atoms with van der Waals surface area (Å²) in [6.07, 6.45) is 0. The largest absolute Gasteiger partial charge is 0.247 e. The molecule has 0 bridgehead atoms. The summed E-state index contributed by atoms with van der Waals surface area (Å²) in [4.78, 5) is 19.8. The molecule has 266 valence electrons. The predicted octanol–water partition coefficient (Wildman–Crippen LogP) is 13.9. The van der Waals surface area contributed by atoms with Crippen LogP contribution in [0.5, 0.6) is 0 Å². The van der Waals surface area contributed by atoms with E-state index in [2.05, 4.69) is 133 Å². The minimum Gasteiger partial charge on any atom is -0.247 e. The van der Waals surface area contributed by atoms with Gasteiger partial charge in [-0.3, -0.25) is 0 Å². The van der Waals surface area contributed by atoms with Crippen molar-refractivity contribution in [3.8, 4) is 67.7 Å². The molecule has 4 nitrogen and oxygen atoms in total. The molecule has 3 heterocycles. The third kappa shape index (κ3) is 5.93. The number of para-hydroxylation sites is 1. The highest BCUT2D eigenvalue weighted by atomic mass is 32.1. The summed E-state index contributed by atoms with van der Waals surface area (Å²) in [6.45, 7) is 0. The number of fused-ring (bicyclic) bond motifs is 7. The molecule has 0 fully saturated rings. The van der Waals surface area contributed by atoms with Crippen molar-refractivity contribution in [3.05, 3.63) is 194 Å². The molecule has 5 heteroatoms. The molecule has 0 aliphatic carbocycles. The van der Waals surface area contributed by atoms with E-state index in [9.17, 15) is 0 Å². The second-order valence-corrected chi connectivity index (χ2v) is 15.3. The maximum atomic E-state index is 5.16. The molecule has 3 aromatic heterocycles. The van der Waals surface area contributed by atoms with Gasteiger partial charge < -0.3 is 0 Å². The minimum absolute atomic E-state index is 0.649. The van der Waals surface area contributed by atoms with E-state index in [1.165, 1.54) is 47.5 Å². The number of nitrogens with zero attached hydrogens (tertiary/aromatic N) is 4. The molecular weight excluding hydrogens is 713 g/mol. The van der Waals surface area contributed by atoms with Crippen molar-refractivity contribution in [2.75, 3.05) is 0 Å². The van der Waals surface area contributed by atoms with Crippen LogP contribution in [0.25, 0.3) is 110 Å². The number of thiophene rings is 1. The monoisotopic (exact) mass is 744 g/mol. The van der Waals surface area contributed by atoms with Crippen LogP contribution in [0.15, 0.2) is 194 Å². The van der Waals surface area contributed by atoms with Crippen molar-refractivity contribution in [2.45, 2.75) is 0 Å². The lowest BCUT2D eigenvalue weighted by molar-refractivity contribution is 1.07. The van der Waals surface area contributed by atoms with E-state index in [0.717, 1.165) is 44.6 Å². The maximum absolute atomic E-state index is 5.16. The standard InChI is InChI=1S/C52H32N4S/c1-4-12-36(13-5-1)48-43-30-29-41-44-32-40(28-31-46(44)57-49(41)47(43)42-18-10-11-19-45(42)53-48)35-22-20-33(21-23-35)34-24-26-39(27-25-34)52-55-50(37-14-6-2-7-15-37)54-51(56-52)38-16-8-3-9-17-38/h1-32H. The Balaban J connectivity index is 0.930. The number of pyridine rings is 1. The maximum Gasteiger partial charge on any atom is 0.164 e. The van der Waals surface area contributed by atoms with Crippen LogP contribution in [0.1, 0.15) is 0 Å². The Morgan fingerprint density at radius 2 is 0.754 bits per heavy atom. The number of aromatic nitrogens is 4. The van der Waals surface area contributed by atoms with E-state index < -0.39 is 0 Å². The summed E-state index contributed by atoms with van der Waals surface area (Å²) in [7, 11) is 0. The molecule has 0 atom stereocenters. The van der Waals surface area contributed by atoms with Gasteiger partial charge in [0.25, 0.3) is 0 Å². The summed E-state index contributed by atoms with van der Waals surface area (Å²) in [5.41, 5.74) is 10.7. The summed E-state index contributed by atoms with van der Waals surface area (Å²) in [6, 6.07) is 68.0. The first kappa shape index (κ1) is 33.0. The van der Waals surface area contributed by atoms with Gasteiger partial charge in [0.2, 0.25) is 0 Å². The van der Waals surface area contributed by atoms with E-state index in [0.29, 0.717) is 17.5 Å². The smallest absolute Gasteiger partial charge is 0.164 e. The molecule has 57 heavy (non-hydrogen) atoms. The molecule has 0 amide bonds. The Hall–Kier alpha value is -7.34. The fourth-order valence-electron chi connectivity index (χ4n) is 7.87. The average molecular weight is 745 g/mol. The van der Waals surface area contributed by atoms with Crippen LogP contribution in [-0.4, -0.2) is 19.9 Å². The molecule has 0 N–H and O–H groups in total. The third-order valence-corrected chi connectivity index (χ3v) is 11.9. The van der Waals surface area contributed by atoms with Crippen LogP contribution in [0.3, 0.4) is 0 Å². The zero-order valence-corrected chi connectivity index (χ0v) is 31.5. The van der Waals surface area contributed by atoms with Gasteiger partial charge >= 0.3 is 0 Å². The number of benzene rings is 8. The van der Waals surface area contributed by atoms with Crippen molar-refractivity contribution in [2.24, 2.45) is 0 Å². The molecule has 8 aromatic carbocycles. The van der Waals surface area contributed by atoms with Gasteiger partial charge in [-0.1, -0.05) is 176 Å². The Kier molecular flexibility index (Phi) is 7.97. The first-order valence-electron chi connectivity index (χ1n) is 19.0. The van der Waals surface area contributed by atoms with E-state index in [1.54, 1.807) is 0 Å². The second-order valence-electron chi connectivity index (χ2n) is 14.2. The molecule has 0 saturated carbocycles. The van der Waals surface area contributed by atoms with Crippen LogP contribution in [0, 0.1) is 0 Å². The number of hydrogen-bond donors (Lipinski definition) is 0. The number of hydrogen-bond acceptors (Lipinski definition) is 5. The Morgan fingerprint density at radius 3 is 1.35 bits per heavy atom. The second kappa shape index (κ2) is 13.7. The van der Waals surface area contributed by atoms with Gasteiger partial charge in [0.1, 0.15) is 0 Å². The highest BCUT2D eigenvalue weighted by molar-refractivity contribution is 7.26. The molecular formula is C52H32N4S. The first-order chi connectivity index (χ1) is 28.2. The Morgan fingerprint density at radius 1 is 0.298 bits per heavy atom. The van der Waals surface area contributed by atoms with E-state index in [1.807, 2.05) is 72.0 Å². The average Bonchev–Trinajstić information content (AvgIpc) is 3.68. The van der Waals surface area contributed by atoms with Crippen molar-refractivity contribution in [1.82, 2.24) is 19.9 Å². The highest BCUT2D eigenvalue weighted by Crippen LogP contribution is 2.44. The van der Waals surface area contributed by atoms with Crippen molar-refractivity contribution >= 4 is 53.2 Å². The van der Waals surface area contributed by atoms with E-state index >= 15 is 0 Å². The quantitative estimate of drug-likeness (QED) is 0.159. The van der Waals surface area contributed by atoms with Gasteiger partial charge in [0.15, 0.2) is 17.5 Å². The van der Waals surface area contributed by atoms with Crippen LogP contribution in [0.2, 0.25) is 0 Å². The lowest BCUT2D eigenvalue weighted by Crippen LogP contribution is -2.00. The molecule has 0 spiro atoms. The van der Waals surface area contributed by atoms with Gasteiger partial charge in [-0.2, -0.15) is 0 Å². The first-order valence-corrected chi connectivity index (χ1v) is 19.9.